The monoisotopic (exact) mass is 292 g/mol. The zero-order valence-electron chi connectivity index (χ0n) is 12.8. The summed E-state index contributed by atoms with van der Waals surface area (Å²) in [5.74, 6) is -0.0687. The predicted molar refractivity (Wildman–Crippen MR) is 89.4 cm³/mol. The Morgan fingerprint density at radius 1 is 1.05 bits per heavy atom. The molecule has 0 radical (unpaired) electrons. The lowest BCUT2D eigenvalue weighted by atomic mass is 10.0. The van der Waals surface area contributed by atoms with Gasteiger partial charge in [0, 0.05) is 12.8 Å². The molecule has 22 heavy (non-hydrogen) atoms. The normalized spacial score (nSPS) is 17.9. The molecule has 0 aliphatic carbocycles. The fraction of sp³-hybridized carbons (Fsp3) is 0.250. The van der Waals surface area contributed by atoms with Crippen molar-refractivity contribution in [3.05, 3.63) is 65.7 Å². The molecule has 0 N–H and O–H groups in total. The second-order valence-electron chi connectivity index (χ2n) is 5.78. The van der Waals surface area contributed by atoms with Crippen molar-refractivity contribution in [1.82, 2.24) is 0 Å². The smallest absolute Gasteiger partial charge is 0.306 e. The third-order valence-corrected chi connectivity index (χ3v) is 3.97. The second kappa shape index (κ2) is 6.61. The van der Waals surface area contributed by atoms with Crippen LogP contribution >= 0.6 is 0 Å². The van der Waals surface area contributed by atoms with Gasteiger partial charge in [-0.05, 0) is 30.0 Å². The number of ether oxygens (including phenoxy) is 1. The largest absolute Gasteiger partial charge is 0.462 e. The van der Waals surface area contributed by atoms with E-state index in [-0.39, 0.29) is 12.1 Å². The van der Waals surface area contributed by atoms with Gasteiger partial charge >= 0.3 is 5.97 Å². The average molecular weight is 292 g/mol. The summed E-state index contributed by atoms with van der Waals surface area (Å²) in [6, 6.07) is 17.1. The molecule has 2 nitrogen and oxygen atoms in total. The quantitative estimate of drug-likeness (QED) is 0.759. The maximum atomic E-state index is 11.0. The molecule has 1 aliphatic heterocycles. The summed E-state index contributed by atoms with van der Waals surface area (Å²) in [7, 11) is 0. The van der Waals surface area contributed by atoms with Crippen LogP contribution in [0.25, 0.3) is 17.2 Å². The molecule has 0 saturated carbocycles. The minimum absolute atomic E-state index is 0.0654. The Balaban J connectivity index is 1.61. The molecule has 0 aromatic heterocycles. The first-order chi connectivity index (χ1) is 10.7. The SMILES string of the molecule is Cc1ccc(-c2ccc(C=CC[C@@H]3CCC(=O)O3)cc2)cc1. The summed E-state index contributed by atoms with van der Waals surface area (Å²) in [5.41, 5.74) is 4.90. The minimum Gasteiger partial charge on any atom is -0.462 e. The standard InChI is InChI=1S/C20H20O2/c1-15-5-9-17(10-6-15)18-11-7-16(8-12-18)3-2-4-19-13-14-20(21)22-19/h2-3,5-12,19H,4,13-14H2,1H3/t19-/m1/s1. The summed E-state index contributed by atoms with van der Waals surface area (Å²) >= 11 is 0. The van der Waals surface area contributed by atoms with E-state index >= 15 is 0 Å². The van der Waals surface area contributed by atoms with E-state index in [2.05, 4.69) is 67.6 Å². The van der Waals surface area contributed by atoms with Crippen LogP contribution in [0.1, 0.15) is 30.4 Å². The zero-order valence-corrected chi connectivity index (χ0v) is 12.8. The lowest BCUT2D eigenvalue weighted by Gasteiger charge is -2.05. The van der Waals surface area contributed by atoms with Crippen molar-refractivity contribution in [1.29, 1.82) is 0 Å². The highest BCUT2D eigenvalue weighted by Crippen LogP contribution is 2.21. The van der Waals surface area contributed by atoms with Gasteiger partial charge in [0.1, 0.15) is 6.10 Å². The molecule has 2 aromatic rings. The fourth-order valence-corrected chi connectivity index (χ4v) is 2.64. The number of hydrogen-bond acceptors (Lipinski definition) is 2. The molecular formula is C20H20O2. The molecule has 0 unspecified atom stereocenters. The summed E-state index contributed by atoms with van der Waals surface area (Å²) < 4.78 is 5.20. The number of aryl methyl sites for hydroxylation is 1. The highest BCUT2D eigenvalue weighted by molar-refractivity contribution is 5.71. The summed E-state index contributed by atoms with van der Waals surface area (Å²) in [5, 5.41) is 0. The molecule has 2 heteroatoms. The predicted octanol–water partition coefficient (Wildman–Crippen LogP) is 4.77. The van der Waals surface area contributed by atoms with E-state index < -0.39 is 0 Å². The molecule has 3 rings (SSSR count). The molecule has 1 fully saturated rings. The Hall–Kier alpha value is -2.35. The number of benzene rings is 2. The van der Waals surface area contributed by atoms with Crippen molar-refractivity contribution in [2.24, 2.45) is 0 Å². The highest BCUT2D eigenvalue weighted by atomic mass is 16.5. The van der Waals surface area contributed by atoms with Crippen molar-refractivity contribution in [3.63, 3.8) is 0 Å². The Labute approximate surface area is 131 Å². The van der Waals surface area contributed by atoms with E-state index in [4.69, 9.17) is 4.74 Å². The lowest BCUT2D eigenvalue weighted by Crippen LogP contribution is -2.04. The Bertz CT molecular complexity index is 666. The topological polar surface area (TPSA) is 26.3 Å². The first-order valence-corrected chi connectivity index (χ1v) is 7.74. The number of carbonyl (C=O) groups is 1. The van der Waals surface area contributed by atoms with E-state index in [0.717, 1.165) is 12.8 Å². The number of carbonyl (C=O) groups excluding carboxylic acids is 1. The van der Waals surface area contributed by atoms with Gasteiger partial charge in [-0.15, -0.1) is 0 Å². The van der Waals surface area contributed by atoms with Crippen molar-refractivity contribution >= 4 is 12.0 Å². The van der Waals surface area contributed by atoms with Crippen LogP contribution < -0.4 is 0 Å². The van der Waals surface area contributed by atoms with Crippen molar-refractivity contribution < 1.29 is 9.53 Å². The van der Waals surface area contributed by atoms with Crippen LogP contribution in [0.4, 0.5) is 0 Å². The molecule has 0 spiro atoms. The average Bonchev–Trinajstić information content (AvgIpc) is 2.94. The third-order valence-electron chi connectivity index (χ3n) is 3.97. The van der Waals surface area contributed by atoms with Crippen LogP contribution in [-0.2, 0) is 9.53 Å². The first kappa shape index (κ1) is 14.6. The van der Waals surface area contributed by atoms with Gasteiger partial charge < -0.3 is 4.74 Å². The zero-order chi connectivity index (χ0) is 15.4. The van der Waals surface area contributed by atoms with Crippen LogP contribution in [0.2, 0.25) is 0 Å². The van der Waals surface area contributed by atoms with Crippen LogP contribution in [0.3, 0.4) is 0 Å². The lowest BCUT2D eigenvalue weighted by molar-refractivity contribution is -0.141. The second-order valence-corrected chi connectivity index (χ2v) is 5.78. The Morgan fingerprint density at radius 2 is 1.68 bits per heavy atom. The van der Waals surface area contributed by atoms with Crippen LogP contribution in [0.15, 0.2) is 54.6 Å². The first-order valence-electron chi connectivity index (χ1n) is 7.74. The molecule has 1 saturated heterocycles. The number of hydrogen-bond donors (Lipinski definition) is 0. The van der Waals surface area contributed by atoms with E-state index in [1.54, 1.807) is 0 Å². The van der Waals surface area contributed by atoms with Gasteiger partial charge in [-0.25, -0.2) is 0 Å². The van der Waals surface area contributed by atoms with Gasteiger partial charge in [-0.3, -0.25) is 4.79 Å². The van der Waals surface area contributed by atoms with Crippen LogP contribution in [-0.4, -0.2) is 12.1 Å². The number of cyclic esters (lactones) is 1. The van der Waals surface area contributed by atoms with E-state index in [9.17, 15) is 4.79 Å². The molecule has 1 aliphatic rings. The minimum atomic E-state index is -0.0687. The fourth-order valence-electron chi connectivity index (χ4n) is 2.64. The van der Waals surface area contributed by atoms with Gasteiger partial charge in [0.25, 0.3) is 0 Å². The van der Waals surface area contributed by atoms with E-state index in [0.29, 0.717) is 6.42 Å². The van der Waals surface area contributed by atoms with Gasteiger partial charge in [0.15, 0.2) is 0 Å². The maximum absolute atomic E-state index is 11.0. The molecule has 0 bridgehead atoms. The van der Waals surface area contributed by atoms with E-state index in [1.165, 1.54) is 22.3 Å². The maximum Gasteiger partial charge on any atom is 0.306 e. The highest BCUT2D eigenvalue weighted by Gasteiger charge is 2.21. The van der Waals surface area contributed by atoms with Crippen LogP contribution in [0.5, 0.6) is 0 Å². The summed E-state index contributed by atoms with van der Waals surface area (Å²) in [6.07, 6.45) is 6.44. The van der Waals surface area contributed by atoms with Crippen molar-refractivity contribution in [2.75, 3.05) is 0 Å². The van der Waals surface area contributed by atoms with Crippen molar-refractivity contribution in [2.45, 2.75) is 32.3 Å². The number of esters is 1. The van der Waals surface area contributed by atoms with Gasteiger partial charge in [0.2, 0.25) is 0 Å². The molecule has 1 heterocycles. The molecule has 112 valence electrons. The van der Waals surface area contributed by atoms with Gasteiger partial charge in [-0.2, -0.15) is 0 Å². The molecule has 2 aromatic carbocycles. The van der Waals surface area contributed by atoms with Gasteiger partial charge in [-0.1, -0.05) is 66.2 Å². The van der Waals surface area contributed by atoms with E-state index in [1.807, 2.05) is 0 Å². The summed E-state index contributed by atoms with van der Waals surface area (Å²) in [4.78, 5) is 11.0. The summed E-state index contributed by atoms with van der Waals surface area (Å²) in [6.45, 7) is 2.10. The Morgan fingerprint density at radius 3 is 2.27 bits per heavy atom. The number of rotatable bonds is 4. The van der Waals surface area contributed by atoms with Gasteiger partial charge in [0.05, 0.1) is 0 Å². The Kier molecular flexibility index (Phi) is 4.38. The molecule has 0 amide bonds. The third kappa shape index (κ3) is 3.64. The van der Waals surface area contributed by atoms with Crippen LogP contribution in [0, 0.1) is 6.92 Å². The molecule has 1 atom stereocenters. The molecular weight excluding hydrogens is 272 g/mol. The van der Waals surface area contributed by atoms with Crippen molar-refractivity contribution in [3.8, 4) is 11.1 Å².